The molecule has 3 N–H and O–H groups in total. The number of anilines is 1. The molecular formula is C22H27ClFN3O2. The largest absolute Gasteiger partial charge is 0.348 e. The van der Waals surface area contributed by atoms with Crippen molar-refractivity contribution in [1.29, 1.82) is 0 Å². The average Bonchev–Trinajstić information content (AvgIpc) is 2.73. The fourth-order valence-corrected chi connectivity index (χ4v) is 3.35. The zero-order chi connectivity index (χ0) is 19.8. The summed E-state index contributed by atoms with van der Waals surface area (Å²) >= 11 is 0. The molecule has 7 heteroatoms. The highest BCUT2D eigenvalue weighted by Crippen LogP contribution is 2.18. The van der Waals surface area contributed by atoms with Crippen LogP contribution in [0.4, 0.5) is 10.1 Å². The maximum Gasteiger partial charge on any atom is 0.251 e. The molecule has 156 valence electrons. The van der Waals surface area contributed by atoms with Crippen LogP contribution in [0.5, 0.6) is 0 Å². The minimum Gasteiger partial charge on any atom is -0.348 e. The van der Waals surface area contributed by atoms with E-state index in [0.717, 1.165) is 32.4 Å². The molecule has 0 radical (unpaired) electrons. The lowest BCUT2D eigenvalue weighted by atomic mass is 9.93. The van der Waals surface area contributed by atoms with Gasteiger partial charge in [-0.15, -0.1) is 12.4 Å². The van der Waals surface area contributed by atoms with Crippen LogP contribution >= 0.6 is 12.4 Å². The van der Waals surface area contributed by atoms with Crippen LogP contribution in [0.15, 0.2) is 48.5 Å². The van der Waals surface area contributed by atoms with Gasteiger partial charge in [0.25, 0.3) is 5.91 Å². The first kappa shape index (κ1) is 22.8. The van der Waals surface area contributed by atoms with Crippen molar-refractivity contribution < 1.29 is 14.0 Å². The maximum atomic E-state index is 13.6. The lowest BCUT2D eigenvalue weighted by Gasteiger charge is -2.22. The second-order valence-corrected chi connectivity index (χ2v) is 7.13. The summed E-state index contributed by atoms with van der Waals surface area (Å²) in [6, 6.07) is 13.1. The van der Waals surface area contributed by atoms with E-state index >= 15 is 0 Å². The van der Waals surface area contributed by atoms with Gasteiger partial charge in [-0.05, 0) is 68.6 Å². The van der Waals surface area contributed by atoms with Crippen molar-refractivity contribution in [3.05, 3.63) is 65.5 Å². The average molecular weight is 420 g/mol. The number of benzene rings is 2. The Morgan fingerprint density at radius 2 is 1.72 bits per heavy atom. The minimum atomic E-state index is -0.342. The number of carbonyl (C=O) groups excluding carboxylic acids is 2. The van der Waals surface area contributed by atoms with Gasteiger partial charge in [0.1, 0.15) is 5.82 Å². The Morgan fingerprint density at radius 1 is 1.03 bits per heavy atom. The van der Waals surface area contributed by atoms with Crippen molar-refractivity contribution in [2.75, 3.05) is 18.4 Å². The van der Waals surface area contributed by atoms with Crippen molar-refractivity contribution in [3.63, 3.8) is 0 Å². The Bertz CT molecular complexity index is 808. The van der Waals surface area contributed by atoms with E-state index in [1.54, 1.807) is 42.5 Å². The third-order valence-corrected chi connectivity index (χ3v) is 5.07. The Kier molecular flexibility index (Phi) is 9.09. The maximum absolute atomic E-state index is 13.6. The number of halogens is 2. The van der Waals surface area contributed by atoms with Gasteiger partial charge in [0.15, 0.2) is 0 Å². The number of nitrogens with one attached hydrogen (secondary N) is 3. The molecule has 0 aromatic heterocycles. The van der Waals surface area contributed by atoms with E-state index in [4.69, 9.17) is 0 Å². The van der Waals surface area contributed by atoms with Crippen LogP contribution in [-0.2, 0) is 11.3 Å². The molecule has 1 heterocycles. The van der Waals surface area contributed by atoms with Gasteiger partial charge >= 0.3 is 0 Å². The molecule has 0 bridgehead atoms. The van der Waals surface area contributed by atoms with Crippen LogP contribution < -0.4 is 16.0 Å². The molecule has 0 atom stereocenters. The van der Waals surface area contributed by atoms with Crippen LogP contribution in [0.1, 0.15) is 41.6 Å². The van der Waals surface area contributed by atoms with Crippen molar-refractivity contribution in [3.8, 4) is 0 Å². The topological polar surface area (TPSA) is 70.2 Å². The number of piperidine rings is 1. The van der Waals surface area contributed by atoms with E-state index in [0.29, 0.717) is 29.2 Å². The molecule has 1 fully saturated rings. The van der Waals surface area contributed by atoms with Gasteiger partial charge in [-0.1, -0.05) is 18.2 Å². The van der Waals surface area contributed by atoms with Crippen molar-refractivity contribution in [2.45, 2.75) is 32.2 Å². The predicted octanol–water partition coefficient (Wildman–Crippen LogP) is 3.90. The Labute approximate surface area is 176 Å². The van der Waals surface area contributed by atoms with Crippen LogP contribution in [-0.4, -0.2) is 24.9 Å². The van der Waals surface area contributed by atoms with E-state index in [9.17, 15) is 14.0 Å². The summed E-state index contributed by atoms with van der Waals surface area (Å²) in [4.78, 5) is 24.3. The summed E-state index contributed by atoms with van der Waals surface area (Å²) in [6.07, 6.45) is 3.67. The highest BCUT2D eigenvalue weighted by molar-refractivity contribution is 5.95. The number of rotatable bonds is 7. The van der Waals surface area contributed by atoms with Gasteiger partial charge in [-0.3, -0.25) is 9.59 Å². The summed E-state index contributed by atoms with van der Waals surface area (Å²) in [5, 5.41) is 8.90. The molecule has 1 aliphatic heterocycles. The van der Waals surface area contributed by atoms with Crippen molar-refractivity contribution in [1.82, 2.24) is 10.6 Å². The van der Waals surface area contributed by atoms with Gasteiger partial charge < -0.3 is 16.0 Å². The van der Waals surface area contributed by atoms with E-state index in [1.165, 1.54) is 6.07 Å². The highest BCUT2D eigenvalue weighted by Gasteiger charge is 2.14. The fraction of sp³-hybridized carbons (Fsp3) is 0.364. The number of amides is 2. The number of hydrogen-bond acceptors (Lipinski definition) is 3. The lowest BCUT2D eigenvalue weighted by Crippen LogP contribution is -2.28. The summed E-state index contributed by atoms with van der Waals surface area (Å²) in [7, 11) is 0. The highest BCUT2D eigenvalue weighted by atomic mass is 35.5. The third-order valence-electron chi connectivity index (χ3n) is 5.07. The Hall–Kier alpha value is -2.44. The van der Waals surface area contributed by atoms with Gasteiger partial charge in [0.05, 0.1) is 0 Å². The predicted molar refractivity (Wildman–Crippen MR) is 115 cm³/mol. The van der Waals surface area contributed by atoms with E-state index in [-0.39, 0.29) is 36.6 Å². The molecule has 2 amide bonds. The molecule has 2 aromatic carbocycles. The molecule has 0 unspecified atom stereocenters. The number of carbonyl (C=O) groups is 2. The zero-order valence-electron chi connectivity index (χ0n) is 16.2. The molecule has 0 aliphatic carbocycles. The van der Waals surface area contributed by atoms with Gasteiger partial charge in [0, 0.05) is 29.8 Å². The first-order valence-electron chi connectivity index (χ1n) is 9.74. The van der Waals surface area contributed by atoms with Crippen LogP contribution in [0.2, 0.25) is 0 Å². The Morgan fingerprint density at radius 3 is 2.41 bits per heavy atom. The summed E-state index contributed by atoms with van der Waals surface area (Å²) in [6.45, 7) is 2.19. The number of hydrogen-bond donors (Lipinski definition) is 3. The first-order valence-corrected chi connectivity index (χ1v) is 9.74. The summed E-state index contributed by atoms with van der Waals surface area (Å²) < 4.78 is 13.6. The van der Waals surface area contributed by atoms with Crippen LogP contribution in [0.25, 0.3) is 0 Å². The van der Waals surface area contributed by atoms with Gasteiger partial charge in [0.2, 0.25) is 5.91 Å². The molecule has 3 rings (SSSR count). The molecule has 2 aromatic rings. The van der Waals surface area contributed by atoms with Gasteiger partial charge in [-0.2, -0.15) is 0 Å². The minimum absolute atomic E-state index is 0. The second-order valence-electron chi connectivity index (χ2n) is 7.13. The van der Waals surface area contributed by atoms with Crippen molar-refractivity contribution in [2.24, 2.45) is 5.92 Å². The smallest absolute Gasteiger partial charge is 0.251 e. The molecular weight excluding hydrogens is 393 g/mol. The monoisotopic (exact) mass is 419 g/mol. The standard InChI is InChI=1S/C22H26FN3O2.ClH/c23-20-4-2-1-3-18(20)15-25-22(28)17-6-8-19(9-7-17)26-21(27)10-5-16-11-13-24-14-12-16;/h1-4,6-9,16,24H,5,10-15H2,(H,25,28)(H,26,27);1H. The third kappa shape index (κ3) is 7.15. The summed E-state index contributed by atoms with van der Waals surface area (Å²) in [5.41, 5.74) is 1.57. The second kappa shape index (κ2) is 11.5. The van der Waals surface area contributed by atoms with Crippen LogP contribution in [0.3, 0.4) is 0 Å². The molecule has 29 heavy (non-hydrogen) atoms. The SMILES string of the molecule is Cl.O=C(CCC1CCNCC1)Nc1ccc(C(=O)NCc2ccccc2F)cc1. The van der Waals surface area contributed by atoms with E-state index in [1.807, 2.05) is 0 Å². The molecule has 0 spiro atoms. The lowest BCUT2D eigenvalue weighted by molar-refractivity contribution is -0.116. The normalized spacial score (nSPS) is 14.0. The van der Waals surface area contributed by atoms with E-state index < -0.39 is 0 Å². The molecule has 1 aliphatic rings. The van der Waals surface area contributed by atoms with Gasteiger partial charge in [-0.25, -0.2) is 4.39 Å². The van der Waals surface area contributed by atoms with Crippen LogP contribution in [0, 0.1) is 11.7 Å². The van der Waals surface area contributed by atoms with Crippen molar-refractivity contribution >= 4 is 29.9 Å². The summed E-state index contributed by atoms with van der Waals surface area (Å²) in [5.74, 6) is -0.0137. The molecule has 1 saturated heterocycles. The Balaban J connectivity index is 0.00000300. The van der Waals surface area contributed by atoms with E-state index in [2.05, 4.69) is 16.0 Å². The molecule has 0 saturated carbocycles. The quantitative estimate of drug-likeness (QED) is 0.637. The first-order chi connectivity index (χ1) is 13.6. The fourth-order valence-electron chi connectivity index (χ4n) is 3.35. The molecule has 5 nitrogen and oxygen atoms in total. The zero-order valence-corrected chi connectivity index (χ0v) is 17.1.